The number of fused-ring (bicyclic) bond motifs is 1. The zero-order chi connectivity index (χ0) is 21.1. The van der Waals surface area contributed by atoms with Crippen LogP contribution in [0.1, 0.15) is 25.7 Å². The fourth-order valence-electron chi connectivity index (χ4n) is 3.57. The van der Waals surface area contributed by atoms with Crippen LogP contribution in [0.5, 0.6) is 11.5 Å². The molecule has 4 rings (SSSR count). The molecule has 1 fully saturated rings. The minimum Gasteiger partial charge on any atom is -0.485 e. The Morgan fingerprint density at radius 2 is 1.70 bits per heavy atom. The van der Waals surface area contributed by atoms with Crippen LogP contribution >= 0.6 is 11.6 Å². The molecule has 1 amide bonds. The molecule has 30 heavy (non-hydrogen) atoms. The molecule has 0 saturated carbocycles. The summed E-state index contributed by atoms with van der Waals surface area (Å²) in [4.78, 5) is 14.6. The number of nitrogens with one attached hydrogen (secondary N) is 1. The predicted molar refractivity (Wildman–Crippen MR) is 114 cm³/mol. The molecule has 0 bridgehead atoms. The number of carbonyl (C=O) groups is 1. The second-order valence-corrected chi connectivity index (χ2v) is 9.50. The number of sulfonamides is 1. The number of hydrogen-bond acceptors (Lipinski definition) is 5. The summed E-state index contributed by atoms with van der Waals surface area (Å²) in [6.45, 7) is 1.52. The van der Waals surface area contributed by atoms with Crippen molar-refractivity contribution in [2.24, 2.45) is 0 Å². The fraction of sp³-hybridized carbons (Fsp3) is 0.381. The maximum absolute atomic E-state index is 12.8. The van der Waals surface area contributed by atoms with E-state index in [2.05, 4.69) is 4.72 Å². The van der Waals surface area contributed by atoms with Crippen LogP contribution in [0, 0.1) is 0 Å². The maximum Gasteiger partial charge on any atom is 0.267 e. The summed E-state index contributed by atoms with van der Waals surface area (Å²) in [7, 11) is -3.81. The van der Waals surface area contributed by atoms with Gasteiger partial charge < -0.3 is 14.4 Å². The van der Waals surface area contributed by atoms with Gasteiger partial charge in [0.1, 0.15) is 6.61 Å². The molecule has 7 nitrogen and oxygen atoms in total. The van der Waals surface area contributed by atoms with E-state index in [1.807, 2.05) is 4.90 Å². The Bertz CT molecular complexity index is 1020. The second kappa shape index (κ2) is 8.73. The first-order valence-electron chi connectivity index (χ1n) is 9.93. The van der Waals surface area contributed by atoms with Gasteiger partial charge in [-0.3, -0.25) is 9.52 Å². The van der Waals surface area contributed by atoms with Gasteiger partial charge in [-0.25, -0.2) is 8.42 Å². The molecule has 1 atom stereocenters. The van der Waals surface area contributed by atoms with Crippen molar-refractivity contribution in [2.45, 2.75) is 36.7 Å². The first-order valence-corrected chi connectivity index (χ1v) is 11.8. The number of likely N-dealkylation sites (tertiary alicyclic amines) is 1. The van der Waals surface area contributed by atoms with Crippen LogP contribution in [-0.4, -0.2) is 45.0 Å². The van der Waals surface area contributed by atoms with Crippen LogP contribution in [0.3, 0.4) is 0 Å². The molecule has 2 aromatic rings. The van der Waals surface area contributed by atoms with Crippen molar-refractivity contribution < 1.29 is 22.7 Å². The van der Waals surface area contributed by atoms with Crippen molar-refractivity contribution in [1.29, 1.82) is 0 Å². The molecule has 2 aliphatic heterocycles. The standard InChI is InChI=1S/C21H23ClN2O5S/c22-15-5-7-16(8-6-15)23-30(26,27)17-9-10-18-19(13-17)28-14-20(29-18)21(25)24-11-3-1-2-4-12-24/h5-10,13,20,23H,1-4,11-12,14H2/t20-/m1/s1. The monoisotopic (exact) mass is 450 g/mol. The lowest BCUT2D eigenvalue weighted by Crippen LogP contribution is -2.46. The van der Waals surface area contributed by atoms with Crippen LogP contribution in [0.2, 0.25) is 5.02 Å². The van der Waals surface area contributed by atoms with E-state index in [0.717, 1.165) is 38.8 Å². The third-order valence-electron chi connectivity index (χ3n) is 5.17. The molecular formula is C21H23ClN2O5S. The highest BCUT2D eigenvalue weighted by Crippen LogP contribution is 2.35. The van der Waals surface area contributed by atoms with E-state index < -0.39 is 16.1 Å². The highest BCUT2D eigenvalue weighted by atomic mass is 35.5. The topological polar surface area (TPSA) is 84.9 Å². The largest absolute Gasteiger partial charge is 0.485 e. The van der Waals surface area contributed by atoms with Crippen LogP contribution in [0.25, 0.3) is 0 Å². The summed E-state index contributed by atoms with van der Waals surface area (Å²) < 4.78 is 39.4. The highest BCUT2D eigenvalue weighted by Gasteiger charge is 2.32. The van der Waals surface area contributed by atoms with Crippen molar-refractivity contribution >= 4 is 33.2 Å². The van der Waals surface area contributed by atoms with Crippen molar-refractivity contribution in [2.75, 3.05) is 24.4 Å². The van der Waals surface area contributed by atoms with Gasteiger partial charge >= 0.3 is 0 Å². The van der Waals surface area contributed by atoms with Crippen LogP contribution < -0.4 is 14.2 Å². The van der Waals surface area contributed by atoms with Gasteiger partial charge in [0.25, 0.3) is 15.9 Å². The van der Waals surface area contributed by atoms with E-state index in [-0.39, 0.29) is 17.4 Å². The third-order valence-corrected chi connectivity index (χ3v) is 6.81. The van der Waals surface area contributed by atoms with Crippen molar-refractivity contribution in [3.05, 3.63) is 47.5 Å². The Kier molecular flexibility index (Phi) is 6.06. The lowest BCUT2D eigenvalue weighted by molar-refractivity contribution is -0.141. The van der Waals surface area contributed by atoms with Gasteiger partial charge in [-0.2, -0.15) is 0 Å². The normalized spacial score (nSPS) is 19.1. The summed E-state index contributed by atoms with van der Waals surface area (Å²) >= 11 is 5.84. The number of hydrogen-bond donors (Lipinski definition) is 1. The van der Waals surface area contributed by atoms with Crippen molar-refractivity contribution in [1.82, 2.24) is 4.90 Å². The number of rotatable bonds is 4. The number of halogens is 1. The first-order chi connectivity index (χ1) is 14.4. The Morgan fingerprint density at radius 3 is 2.40 bits per heavy atom. The summed E-state index contributed by atoms with van der Waals surface area (Å²) in [5.41, 5.74) is 0.400. The molecule has 0 radical (unpaired) electrons. The number of amides is 1. The zero-order valence-corrected chi connectivity index (χ0v) is 17.9. The van der Waals surface area contributed by atoms with E-state index in [1.165, 1.54) is 18.2 Å². The molecule has 0 aromatic heterocycles. The summed E-state index contributed by atoms with van der Waals surface area (Å²) in [5.74, 6) is 0.581. The summed E-state index contributed by atoms with van der Waals surface area (Å²) in [6.07, 6.45) is 3.55. The Morgan fingerprint density at radius 1 is 1.00 bits per heavy atom. The summed E-state index contributed by atoms with van der Waals surface area (Å²) in [6, 6.07) is 10.7. The molecule has 2 heterocycles. The zero-order valence-electron chi connectivity index (χ0n) is 16.3. The van der Waals surface area contributed by atoms with Crippen molar-refractivity contribution in [3.63, 3.8) is 0 Å². The molecule has 0 unspecified atom stereocenters. The third kappa shape index (κ3) is 4.65. The van der Waals surface area contributed by atoms with Gasteiger partial charge in [-0.15, -0.1) is 0 Å². The Balaban J connectivity index is 1.47. The Labute approximate surface area is 181 Å². The molecule has 2 aromatic carbocycles. The molecule has 1 N–H and O–H groups in total. The van der Waals surface area contributed by atoms with Crippen molar-refractivity contribution in [3.8, 4) is 11.5 Å². The van der Waals surface area contributed by atoms with E-state index in [4.69, 9.17) is 21.1 Å². The van der Waals surface area contributed by atoms with E-state index in [9.17, 15) is 13.2 Å². The number of carbonyl (C=O) groups excluding carboxylic acids is 1. The Hall–Kier alpha value is -2.45. The molecule has 1 saturated heterocycles. The average Bonchev–Trinajstić information content (AvgIpc) is 3.03. The second-order valence-electron chi connectivity index (χ2n) is 7.38. The highest BCUT2D eigenvalue weighted by molar-refractivity contribution is 7.92. The van der Waals surface area contributed by atoms with Gasteiger partial charge in [-0.1, -0.05) is 24.4 Å². The lowest BCUT2D eigenvalue weighted by Gasteiger charge is -2.30. The first kappa shape index (κ1) is 20.8. The van der Waals surface area contributed by atoms with Gasteiger partial charge in [0, 0.05) is 29.9 Å². The molecule has 0 aliphatic carbocycles. The van der Waals surface area contributed by atoms with E-state index >= 15 is 0 Å². The van der Waals surface area contributed by atoms with Crippen LogP contribution in [0.15, 0.2) is 47.4 Å². The minimum absolute atomic E-state index is 0.0390. The van der Waals surface area contributed by atoms with Crippen LogP contribution in [-0.2, 0) is 14.8 Å². The molecule has 0 spiro atoms. The number of benzene rings is 2. The molecule has 9 heteroatoms. The number of anilines is 1. The quantitative estimate of drug-likeness (QED) is 0.768. The van der Waals surface area contributed by atoms with Gasteiger partial charge in [0.15, 0.2) is 11.5 Å². The molecule has 2 aliphatic rings. The van der Waals surface area contributed by atoms with E-state index in [1.54, 1.807) is 24.3 Å². The molecular weight excluding hydrogens is 428 g/mol. The summed E-state index contributed by atoms with van der Waals surface area (Å²) in [5, 5.41) is 0.515. The average molecular weight is 451 g/mol. The predicted octanol–water partition coefficient (Wildman–Crippen LogP) is 3.68. The molecule has 160 valence electrons. The van der Waals surface area contributed by atoms with E-state index in [0.29, 0.717) is 22.2 Å². The number of ether oxygens (including phenoxy) is 2. The lowest BCUT2D eigenvalue weighted by atomic mass is 10.2. The maximum atomic E-state index is 12.8. The van der Waals surface area contributed by atoms with Gasteiger partial charge in [0.2, 0.25) is 6.10 Å². The smallest absolute Gasteiger partial charge is 0.267 e. The van der Waals surface area contributed by atoms with Crippen LogP contribution in [0.4, 0.5) is 5.69 Å². The fourth-order valence-corrected chi connectivity index (χ4v) is 4.77. The number of nitrogens with zero attached hydrogens (tertiary/aromatic N) is 1. The van der Waals surface area contributed by atoms with Gasteiger partial charge in [-0.05, 0) is 49.2 Å². The van der Waals surface area contributed by atoms with Gasteiger partial charge in [0.05, 0.1) is 4.90 Å². The minimum atomic E-state index is -3.81. The SMILES string of the molecule is O=C([C@H]1COc2cc(S(=O)(=O)Nc3ccc(Cl)cc3)ccc2O1)N1CCCCCC1.